The first-order chi connectivity index (χ1) is 9.81. The Morgan fingerprint density at radius 1 is 0.750 bits per heavy atom. The summed E-state index contributed by atoms with van der Waals surface area (Å²) in [6.45, 7) is 1.17. The van der Waals surface area contributed by atoms with Gasteiger partial charge in [0, 0.05) is 6.54 Å². The molecule has 0 unspecified atom stereocenters. The molecule has 106 valence electrons. The Labute approximate surface area is 119 Å². The fourth-order valence-electron chi connectivity index (χ4n) is 1.73. The minimum Gasteiger partial charge on any atom is -0.497 e. The van der Waals surface area contributed by atoms with Gasteiger partial charge in [-0.2, -0.15) is 5.48 Å². The lowest BCUT2D eigenvalue weighted by Crippen LogP contribution is -2.13. The van der Waals surface area contributed by atoms with Crippen LogP contribution < -0.4 is 15.0 Å². The van der Waals surface area contributed by atoms with Crippen LogP contribution in [0.5, 0.6) is 11.5 Å². The van der Waals surface area contributed by atoms with E-state index in [1.807, 2.05) is 48.5 Å². The zero-order valence-corrected chi connectivity index (χ0v) is 11.8. The normalized spacial score (nSPS) is 10.3. The molecule has 0 aliphatic carbocycles. The van der Waals surface area contributed by atoms with Crippen LogP contribution in [0.15, 0.2) is 48.5 Å². The molecular weight excluding hydrogens is 254 g/mol. The Hall–Kier alpha value is -2.04. The van der Waals surface area contributed by atoms with Crippen molar-refractivity contribution in [2.75, 3.05) is 14.2 Å². The molecule has 0 saturated heterocycles. The number of hydrogen-bond donors (Lipinski definition) is 1. The van der Waals surface area contributed by atoms with Gasteiger partial charge >= 0.3 is 0 Å². The molecule has 20 heavy (non-hydrogen) atoms. The second-order valence-electron chi connectivity index (χ2n) is 4.31. The third-order valence-electron chi connectivity index (χ3n) is 2.94. The first kappa shape index (κ1) is 14.4. The van der Waals surface area contributed by atoms with Crippen LogP contribution in [0.2, 0.25) is 0 Å². The minimum absolute atomic E-state index is 0.514. The number of benzene rings is 2. The van der Waals surface area contributed by atoms with Crippen molar-refractivity contribution in [3.8, 4) is 11.5 Å². The molecule has 0 atom stereocenters. The van der Waals surface area contributed by atoms with Gasteiger partial charge in [0.05, 0.1) is 20.8 Å². The predicted octanol–water partition coefficient (Wildman–Crippen LogP) is 2.93. The van der Waals surface area contributed by atoms with E-state index in [9.17, 15) is 0 Å². The largest absolute Gasteiger partial charge is 0.497 e. The fourth-order valence-corrected chi connectivity index (χ4v) is 1.73. The standard InChI is InChI=1S/C16H19NO3/c1-18-15-7-3-13(4-8-15)11-17-20-12-14-5-9-16(19-2)10-6-14/h3-10,17H,11-12H2,1-2H3. The van der Waals surface area contributed by atoms with E-state index in [0.29, 0.717) is 13.2 Å². The van der Waals surface area contributed by atoms with Crippen molar-refractivity contribution in [2.24, 2.45) is 0 Å². The van der Waals surface area contributed by atoms with Crippen LogP contribution in [0, 0.1) is 0 Å². The Kier molecular flexibility index (Phi) is 5.41. The maximum Gasteiger partial charge on any atom is 0.118 e. The summed E-state index contributed by atoms with van der Waals surface area (Å²) >= 11 is 0. The van der Waals surface area contributed by atoms with Crippen molar-refractivity contribution < 1.29 is 14.3 Å². The summed E-state index contributed by atoms with van der Waals surface area (Å²) in [6, 6.07) is 15.7. The third-order valence-corrected chi connectivity index (χ3v) is 2.94. The molecule has 0 bridgehead atoms. The van der Waals surface area contributed by atoms with Gasteiger partial charge in [0.25, 0.3) is 0 Å². The molecule has 1 N–H and O–H groups in total. The molecule has 0 saturated carbocycles. The monoisotopic (exact) mass is 273 g/mol. The average Bonchev–Trinajstić information content (AvgIpc) is 2.53. The molecule has 2 rings (SSSR count). The number of nitrogens with one attached hydrogen (secondary N) is 1. The molecule has 0 fully saturated rings. The van der Waals surface area contributed by atoms with Gasteiger partial charge in [-0.25, -0.2) is 0 Å². The van der Waals surface area contributed by atoms with Gasteiger partial charge < -0.3 is 9.47 Å². The van der Waals surface area contributed by atoms with Crippen molar-refractivity contribution in [3.05, 3.63) is 59.7 Å². The number of rotatable bonds is 7. The molecular formula is C16H19NO3. The number of ether oxygens (including phenoxy) is 2. The maximum absolute atomic E-state index is 5.43. The lowest BCUT2D eigenvalue weighted by molar-refractivity contribution is 0.0235. The van der Waals surface area contributed by atoms with E-state index in [1.165, 1.54) is 0 Å². The van der Waals surface area contributed by atoms with Gasteiger partial charge in [-0.1, -0.05) is 24.3 Å². The van der Waals surface area contributed by atoms with Crippen LogP contribution in [0.4, 0.5) is 0 Å². The Morgan fingerprint density at radius 2 is 1.25 bits per heavy atom. The highest BCUT2D eigenvalue weighted by atomic mass is 16.6. The van der Waals surface area contributed by atoms with E-state index in [1.54, 1.807) is 14.2 Å². The molecule has 4 nitrogen and oxygen atoms in total. The summed E-state index contributed by atoms with van der Waals surface area (Å²) in [5.74, 6) is 1.70. The molecule has 0 aliphatic heterocycles. The van der Waals surface area contributed by atoms with Gasteiger partial charge in [0.1, 0.15) is 11.5 Å². The zero-order valence-electron chi connectivity index (χ0n) is 11.8. The quantitative estimate of drug-likeness (QED) is 0.622. The molecule has 0 heterocycles. The van der Waals surface area contributed by atoms with Crippen LogP contribution in [0.3, 0.4) is 0 Å². The zero-order chi connectivity index (χ0) is 14.2. The van der Waals surface area contributed by atoms with E-state index in [4.69, 9.17) is 14.3 Å². The average molecular weight is 273 g/mol. The Bertz CT molecular complexity index is 459. The van der Waals surface area contributed by atoms with E-state index < -0.39 is 0 Å². The summed E-state index contributed by atoms with van der Waals surface area (Å²) < 4.78 is 10.2. The lowest BCUT2D eigenvalue weighted by atomic mass is 10.2. The van der Waals surface area contributed by atoms with Crippen molar-refractivity contribution in [2.45, 2.75) is 13.2 Å². The molecule has 0 amide bonds. The first-order valence-corrected chi connectivity index (χ1v) is 6.42. The van der Waals surface area contributed by atoms with Gasteiger partial charge in [-0.15, -0.1) is 0 Å². The topological polar surface area (TPSA) is 39.7 Å². The summed E-state index contributed by atoms with van der Waals surface area (Å²) in [5, 5.41) is 0. The highest BCUT2D eigenvalue weighted by Gasteiger charge is 1.97. The maximum atomic E-state index is 5.43. The van der Waals surface area contributed by atoms with Gasteiger partial charge in [-0.05, 0) is 35.4 Å². The molecule has 0 aliphatic rings. The highest BCUT2D eigenvalue weighted by Crippen LogP contribution is 2.12. The van der Waals surface area contributed by atoms with Crippen molar-refractivity contribution in [1.82, 2.24) is 5.48 Å². The summed E-state index contributed by atoms with van der Waals surface area (Å²) in [5.41, 5.74) is 5.17. The molecule has 2 aromatic carbocycles. The lowest BCUT2D eigenvalue weighted by Gasteiger charge is -2.07. The van der Waals surface area contributed by atoms with Crippen molar-refractivity contribution in [3.63, 3.8) is 0 Å². The van der Waals surface area contributed by atoms with Crippen LogP contribution >= 0.6 is 0 Å². The van der Waals surface area contributed by atoms with Crippen LogP contribution in [-0.2, 0) is 18.0 Å². The predicted molar refractivity (Wildman–Crippen MR) is 77.6 cm³/mol. The summed E-state index contributed by atoms with van der Waals surface area (Å²) in [4.78, 5) is 5.43. The van der Waals surface area contributed by atoms with Crippen molar-refractivity contribution in [1.29, 1.82) is 0 Å². The highest BCUT2D eigenvalue weighted by molar-refractivity contribution is 5.27. The Morgan fingerprint density at radius 3 is 1.75 bits per heavy atom. The molecule has 0 spiro atoms. The van der Waals surface area contributed by atoms with Crippen LogP contribution in [0.1, 0.15) is 11.1 Å². The Balaban J connectivity index is 1.72. The summed E-state index contributed by atoms with van der Waals surface area (Å²) in [6.07, 6.45) is 0. The van der Waals surface area contributed by atoms with Gasteiger partial charge in [-0.3, -0.25) is 4.84 Å². The van der Waals surface area contributed by atoms with E-state index >= 15 is 0 Å². The van der Waals surface area contributed by atoms with E-state index in [2.05, 4.69) is 5.48 Å². The van der Waals surface area contributed by atoms with Gasteiger partial charge in [0.15, 0.2) is 0 Å². The number of hydroxylamine groups is 1. The second-order valence-corrected chi connectivity index (χ2v) is 4.31. The number of methoxy groups -OCH3 is 2. The molecule has 2 aromatic rings. The van der Waals surface area contributed by atoms with Crippen molar-refractivity contribution >= 4 is 0 Å². The van der Waals surface area contributed by atoms with Gasteiger partial charge in [0.2, 0.25) is 0 Å². The van der Waals surface area contributed by atoms with Crippen LogP contribution in [0.25, 0.3) is 0 Å². The summed E-state index contributed by atoms with van der Waals surface area (Å²) in [7, 11) is 3.31. The molecule has 0 aromatic heterocycles. The number of hydrogen-bond acceptors (Lipinski definition) is 4. The third kappa shape index (κ3) is 4.26. The SMILES string of the molecule is COc1ccc(CNOCc2ccc(OC)cc2)cc1. The smallest absolute Gasteiger partial charge is 0.118 e. The van der Waals surface area contributed by atoms with Crippen LogP contribution in [-0.4, -0.2) is 14.2 Å². The van der Waals surface area contributed by atoms with E-state index in [-0.39, 0.29) is 0 Å². The molecule has 4 heteroatoms. The second kappa shape index (κ2) is 7.53. The first-order valence-electron chi connectivity index (χ1n) is 6.42. The van der Waals surface area contributed by atoms with E-state index in [0.717, 1.165) is 22.6 Å². The fraction of sp³-hybridized carbons (Fsp3) is 0.250. The molecule has 0 radical (unpaired) electrons. The minimum atomic E-state index is 0.514.